The molecule has 2 heterocycles. The number of nitrogens with one attached hydrogen (secondary N) is 1. The number of nitrogens with zero attached hydrogens (tertiary/aromatic N) is 2. The number of anilines is 2. The lowest BCUT2D eigenvalue weighted by Crippen LogP contribution is -2.11. The largest absolute Gasteiger partial charge is 0.477 e. The zero-order valence-electron chi connectivity index (χ0n) is 9.40. The van der Waals surface area contributed by atoms with Gasteiger partial charge in [-0.05, 0) is 28.1 Å². The fraction of sp³-hybridized carbons (Fsp3) is 0.100. The number of aromatic carboxylic acids is 1. The van der Waals surface area contributed by atoms with Crippen LogP contribution in [0.3, 0.4) is 0 Å². The zero-order chi connectivity index (χ0) is 14.9. The maximum atomic E-state index is 12.6. The van der Waals surface area contributed by atoms with Crippen molar-refractivity contribution in [3.8, 4) is 0 Å². The van der Waals surface area contributed by atoms with Crippen LogP contribution in [0.4, 0.5) is 24.1 Å². The number of halogens is 4. The first-order valence-corrected chi connectivity index (χ1v) is 6.58. The van der Waals surface area contributed by atoms with Crippen molar-refractivity contribution in [1.82, 2.24) is 9.97 Å². The van der Waals surface area contributed by atoms with E-state index in [1.165, 1.54) is 12.3 Å². The molecule has 5 nitrogen and oxygen atoms in total. The highest BCUT2D eigenvalue weighted by molar-refractivity contribution is 9.10. The Balaban J connectivity index is 2.34. The van der Waals surface area contributed by atoms with Gasteiger partial charge in [0.05, 0.1) is 0 Å². The Labute approximate surface area is 122 Å². The van der Waals surface area contributed by atoms with Gasteiger partial charge in [-0.25, -0.2) is 14.8 Å². The Morgan fingerprint density at radius 3 is 2.55 bits per heavy atom. The smallest absolute Gasteiger partial charge is 0.435 e. The maximum Gasteiger partial charge on any atom is 0.435 e. The van der Waals surface area contributed by atoms with Crippen molar-refractivity contribution in [3.05, 3.63) is 33.4 Å². The van der Waals surface area contributed by atoms with Crippen LogP contribution in [0, 0.1) is 0 Å². The van der Waals surface area contributed by atoms with Crippen molar-refractivity contribution in [2.24, 2.45) is 0 Å². The van der Waals surface area contributed by atoms with Crippen LogP contribution in [0.2, 0.25) is 0 Å². The van der Waals surface area contributed by atoms with Crippen molar-refractivity contribution >= 4 is 44.2 Å². The van der Waals surface area contributed by atoms with Crippen LogP contribution in [0.5, 0.6) is 0 Å². The van der Waals surface area contributed by atoms with Gasteiger partial charge >= 0.3 is 12.1 Å². The van der Waals surface area contributed by atoms with Crippen LogP contribution in [-0.4, -0.2) is 21.0 Å². The molecule has 2 aromatic rings. The van der Waals surface area contributed by atoms with Crippen molar-refractivity contribution in [2.45, 2.75) is 6.18 Å². The van der Waals surface area contributed by atoms with E-state index in [0.29, 0.717) is 15.8 Å². The summed E-state index contributed by atoms with van der Waals surface area (Å²) in [4.78, 5) is 17.1. The lowest BCUT2D eigenvalue weighted by atomic mass is 10.3. The summed E-state index contributed by atoms with van der Waals surface area (Å²) in [7, 11) is 0. The Hall–Kier alpha value is -1.68. The molecule has 0 bridgehead atoms. The van der Waals surface area contributed by atoms with Crippen molar-refractivity contribution < 1.29 is 23.1 Å². The van der Waals surface area contributed by atoms with Crippen LogP contribution >= 0.6 is 27.3 Å². The average molecular weight is 368 g/mol. The molecule has 0 spiro atoms. The summed E-state index contributed by atoms with van der Waals surface area (Å²) in [6.45, 7) is 0. The predicted molar refractivity (Wildman–Crippen MR) is 69.3 cm³/mol. The number of thiazole rings is 1. The lowest BCUT2D eigenvalue weighted by Gasteiger charge is -2.03. The Kier molecular flexibility index (Phi) is 3.95. The number of alkyl halides is 3. The first-order chi connectivity index (χ1) is 9.27. The molecule has 0 atom stereocenters. The summed E-state index contributed by atoms with van der Waals surface area (Å²) >= 11 is 3.56. The summed E-state index contributed by atoms with van der Waals surface area (Å²) in [6, 6.07) is 3.14. The van der Waals surface area contributed by atoms with Gasteiger partial charge in [-0.1, -0.05) is 11.3 Å². The molecule has 0 saturated carbocycles. The topological polar surface area (TPSA) is 75.1 Å². The number of pyridine rings is 1. The molecular weight excluding hydrogens is 363 g/mol. The van der Waals surface area contributed by atoms with Gasteiger partial charge in [-0.2, -0.15) is 13.2 Å². The molecule has 0 amide bonds. The Morgan fingerprint density at radius 1 is 1.40 bits per heavy atom. The fourth-order valence-corrected chi connectivity index (χ4v) is 2.34. The van der Waals surface area contributed by atoms with Crippen molar-refractivity contribution in [2.75, 3.05) is 5.32 Å². The van der Waals surface area contributed by atoms with Crippen molar-refractivity contribution in [3.63, 3.8) is 0 Å². The van der Waals surface area contributed by atoms with Gasteiger partial charge in [-0.15, -0.1) is 0 Å². The molecule has 2 N–H and O–H groups in total. The summed E-state index contributed by atoms with van der Waals surface area (Å²) in [5.41, 5.74) is -1.42. The third-order valence-electron chi connectivity index (χ3n) is 2.05. The molecule has 0 fully saturated rings. The van der Waals surface area contributed by atoms with Gasteiger partial charge in [0, 0.05) is 10.7 Å². The molecule has 0 radical (unpaired) electrons. The zero-order valence-corrected chi connectivity index (χ0v) is 11.8. The van der Waals surface area contributed by atoms with E-state index in [2.05, 4.69) is 31.2 Å². The number of aromatic nitrogens is 2. The van der Waals surface area contributed by atoms with Gasteiger partial charge in [0.15, 0.2) is 10.8 Å². The summed E-state index contributed by atoms with van der Waals surface area (Å²) in [5, 5.41) is 11.1. The summed E-state index contributed by atoms with van der Waals surface area (Å²) in [6.07, 6.45) is -3.38. The molecule has 0 aliphatic rings. The number of carbonyl (C=O) groups is 1. The molecule has 0 unspecified atom stereocenters. The summed E-state index contributed by atoms with van der Waals surface area (Å²) in [5.74, 6) is -1.42. The van der Waals surface area contributed by atoms with Crippen LogP contribution in [-0.2, 0) is 6.18 Å². The van der Waals surface area contributed by atoms with E-state index in [4.69, 9.17) is 5.11 Å². The minimum atomic E-state index is -4.82. The van der Waals surface area contributed by atoms with Gasteiger partial charge in [0.1, 0.15) is 10.7 Å². The summed E-state index contributed by atoms with van der Waals surface area (Å²) < 4.78 is 38.6. The Bertz CT molecular complexity index is 642. The van der Waals surface area contributed by atoms with Crippen LogP contribution in [0.15, 0.2) is 22.8 Å². The van der Waals surface area contributed by atoms with E-state index in [-0.39, 0.29) is 10.9 Å². The third-order valence-corrected chi connectivity index (χ3v) is 3.48. The van der Waals surface area contributed by atoms with Crippen molar-refractivity contribution in [1.29, 1.82) is 0 Å². The van der Waals surface area contributed by atoms with E-state index in [1.807, 2.05) is 0 Å². The van der Waals surface area contributed by atoms with Gasteiger partial charge in [0.25, 0.3) is 0 Å². The minimum absolute atomic E-state index is 0.190. The Morgan fingerprint density at radius 2 is 2.10 bits per heavy atom. The molecule has 10 heteroatoms. The molecular formula is C10H5BrF3N3O2S. The molecule has 106 valence electrons. The third kappa shape index (κ3) is 3.25. The van der Waals surface area contributed by atoms with Crippen LogP contribution in [0.25, 0.3) is 0 Å². The maximum absolute atomic E-state index is 12.6. The highest BCUT2D eigenvalue weighted by atomic mass is 79.9. The molecule has 0 aliphatic carbocycles. The second-order valence-corrected chi connectivity index (χ2v) is 5.40. The molecule has 0 aromatic carbocycles. The number of rotatable bonds is 3. The van der Waals surface area contributed by atoms with Gasteiger partial charge < -0.3 is 10.4 Å². The quantitative estimate of drug-likeness (QED) is 0.863. The predicted octanol–water partition coefficient (Wildman–Crippen LogP) is 3.76. The monoisotopic (exact) mass is 367 g/mol. The second-order valence-electron chi connectivity index (χ2n) is 3.49. The number of carboxylic acids is 1. The minimum Gasteiger partial charge on any atom is -0.477 e. The standard InChI is InChI=1S/C10H5BrF3N3O2S/c11-4-1-2-5(15-3-4)16-9-17-7(10(12,13)14)6(20-9)8(18)19/h1-3H,(H,18,19)(H,15,16,17). The molecule has 0 saturated heterocycles. The average Bonchev–Trinajstić information content (AvgIpc) is 2.76. The number of hydrogen-bond acceptors (Lipinski definition) is 5. The molecule has 2 aromatic heterocycles. The van der Waals surface area contributed by atoms with E-state index in [1.54, 1.807) is 6.07 Å². The number of carboxylic acid groups (broad SMARTS) is 1. The van der Waals surface area contributed by atoms with E-state index in [9.17, 15) is 18.0 Å². The highest BCUT2D eigenvalue weighted by Crippen LogP contribution is 2.36. The van der Waals surface area contributed by atoms with Crippen LogP contribution in [0.1, 0.15) is 15.4 Å². The van der Waals surface area contributed by atoms with Crippen LogP contribution < -0.4 is 5.32 Å². The van der Waals surface area contributed by atoms with E-state index in [0.717, 1.165) is 0 Å². The van der Waals surface area contributed by atoms with E-state index >= 15 is 0 Å². The highest BCUT2D eigenvalue weighted by Gasteiger charge is 2.39. The first kappa shape index (κ1) is 14.7. The molecule has 0 aliphatic heterocycles. The molecule has 2 rings (SSSR count). The fourth-order valence-electron chi connectivity index (χ4n) is 1.27. The first-order valence-electron chi connectivity index (χ1n) is 4.97. The normalized spacial score (nSPS) is 11.4. The van der Waals surface area contributed by atoms with E-state index < -0.39 is 22.7 Å². The lowest BCUT2D eigenvalue weighted by molar-refractivity contribution is -0.141. The van der Waals surface area contributed by atoms with Gasteiger partial charge in [-0.3, -0.25) is 0 Å². The molecule has 20 heavy (non-hydrogen) atoms. The second kappa shape index (κ2) is 5.37. The number of hydrogen-bond donors (Lipinski definition) is 2. The SMILES string of the molecule is O=C(O)c1sc(Nc2ccc(Br)cn2)nc1C(F)(F)F. The van der Waals surface area contributed by atoms with Gasteiger partial charge in [0.2, 0.25) is 0 Å².